The zero-order valence-electron chi connectivity index (χ0n) is 53.6. The molecule has 0 fully saturated rings. The van der Waals surface area contributed by atoms with E-state index >= 15 is 0 Å². The highest BCUT2D eigenvalue weighted by Crippen LogP contribution is 2.19. The summed E-state index contributed by atoms with van der Waals surface area (Å²) in [5.74, 6) is -0.0502. The highest BCUT2D eigenvalue weighted by atomic mass is 16.5. The molecule has 468 valence electrons. The fraction of sp³-hybridized carbons (Fsp3) is 0.918. The van der Waals surface area contributed by atoms with Gasteiger partial charge in [-0.1, -0.05) is 359 Å². The van der Waals surface area contributed by atoms with Crippen molar-refractivity contribution >= 4 is 11.9 Å². The summed E-state index contributed by atoms with van der Waals surface area (Å²) < 4.78 is 5.49. The van der Waals surface area contributed by atoms with E-state index in [9.17, 15) is 19.8 Å². The normalized spacial score (nSPS) is 12.6. The van der Waals surface area contributed by atoms with Crippen LogP contribution in [0.2, 0.25) is 0 Å². The van der Waals surface area contributed by atoms with Gasteiger partial charge in [0, 0.05) is 12.8 Å². The molecule has 1 amide bonds. The maximum Gasteiger partial charge on any atom is 0.305 e. The molecular weight excluding hydrogens is 971 g/mol. The van der Waals surface area contributed by atoms with Gasteiger partial charge in [0.05, 0.1) is 25.4 Å². The molecule has 0 rings (SSSR count). The molecule has 0 saturated carbocycles. The Bertz CT molecular complexity index is 1230. The van der Waals surface area contributed by atoms with Gasteiger partial charge in [0.2, 0.25) is 5.91 Å². The van der Waals surface area contributed by atoms with Crippen LogP contribution in [0.25, 0.3) is 0 Å². The predicted molar refractivity (Wildman–Crippen MR) is 347 cm³/mol. The molecule has 6 heteroatoms. The molecule has 79 heavy (non-hydrogen) atoms. The zero-order valence-corrected chi connectivity index (χ0v) is 53.6. The maximum atomic E-state index is 12.5. The van der Waals surface area contributed by atoms with E-state index in [1.165, 1.54) is 334 Å². The molecule has 0 spiro atoms. The van der Waals surface area contributed by atoms with Crippen molar-refractivity contribution in [3.8, 4) is 0 Å². The van der Waals surface area contributed by atoms with Crippen LogP contribution >= 0.6 is 0 Å². The summed E-state index contributed by atoms with van der Waals surface area (Å²) in [5, 5.41) is 23.2. The first-order valence-electron chi connectivity index (χ1n) is 36.1. The topological polar surface area (TPSA) is 95.9 Å². The van der Waals surface area contributed by atoms with Crippen molar-refractivity contribution < 1.29 is 24.5 Å². The molecule has 0 aromatic heterocycles. The number of allylic oxidation sites excluding steroid dienone is 3. The lowest BCUT2D eigenvalue weighted by atomic mass is 10.0. The predicted octanol–water partition coefficient (Wildman–Crippen LogP) is 23.3. The van der Waals surface area contributed by atoms with Crippen molar-refractivity contribution in [3.05, 3.63) is 24.3 Å². The van der Waals surface area contributed by atoms with Crippen LogP contribution in [0.3, 0.4) is 0 Å². The van der Waals surface area contributed by atoms with Crippen LogP contribution in [0, 0.1) is 0 Å². The third-order valence-electron chi connectivity index (χ3n) is 17.0. The third-order valence-corrected chi connectivity index (χ3v) is 17.0. The molecule has 0 radical (unpaired) electrons. The van der Waals surface area contributed by atoms with Crippen molar-refractivity contribution in [1.82, 2.24) is 5.32 Å². The van der Waals surface area contributed by atoms with E-state index in [0.29, 0.717) is 19.4 Å². The van der Waals surface area contributed by atoms with E-state index in [1.807, 2.05) is 6.08 Å². The van der Waals surface area contributed by atoms with Crippen LogP contribution in [0.1, 0.15) is 406 Å². The molecular formula is C73H141NO5. The minimum Gasteiger partial charge on any atom is -0.466 e. The summed E-state index contributed by atoms with van der Waals surface area (Å²) in [4.78, 5) is 24.6. The number of ether oxygens (including phenoxy) is 1. The highest BCUT2D eigenvalue weighted by molar-refractivity contribution is 5.76. The fourth-order valence-electron chi connectivity index (χ4n) is 11.5. The number of aliphatic hydroxyl groups is 2. The third kappa shape index (κ3) is 65.4. The Morgan fingerprint density at radius 3 is 0.899 bits per heavy atom. The molecule has 0 aliphatic rings. The molecule has 0 aliphatic carbocycles. The van der Waals surface area contributed by atoms with E-state index in [1.54, 1.807) is 6.08 Å². The van der Waals surface area contributed by atoms with Gasteiger partial charge in [-0.15, -0.1) is 0 Å². The molecule has 3 N–H and O–H groups in total. The Balaban J connectivity index is 3.37. The number of carbonyl (C=O) groups is 2. The van der Waals surface area contributed by atoms with E-state index in [2.05, 4.69) is 31.3 Å². The van der Waals surface area contributed by atoms with Crippen molar-refractivity contribution in [2.75, 3.05) is 13.2 Å². The van der Waals surface area contributed by atoms with Crippen molar-refractivity contribution in [3.63, 3.8) is 0 Å². The Morgan fingerprint density at radius 1 is 0.342 bits per heavy atom. The Morgan fingerprint density at radius 2 is 0.595 bits per heavy atom. The standard InChI is InChI=1S/C73H141NO5/c1-3-5-7-9-11-13-15-17-19-20-21-32-35-38-41-45-49-53-57-61-65-71(76)70(69-75)74-72(77)66-62-58-54-50-46-42-39-36-33-30-28-26-24-22-23-25-27-29-31-34-37-40-44-48-52-56-60-64-68-79-73(78)67-63-59-55-51-47-43-18-16-14-12-10-8-6-4-2/h16,18,61,65,70-71,75-76H,3-15,17,19-60,62-64,66-69H2,1-2H3,(H,74,77)/b18-16-,65-61+. The molecule has 2 atom stereocenters. The summed E-state index contributed by atoms with van der Waals surface area (Å²) in [6.45, 7) is 4.93. The number of nitrogens with one attached hydrogen (secondary N) is 1. The van der Waals surface area contributed by atoms with Gasteiger partial charge in [0.25, 0.3) is 0 Å². The number of hydrogen-bond donors (Lipinski definition) is 3. The van der Waals surface area contributed by atoms with Crippen molar-refractivity contribution in [2.45, 2.75) is 418 Å². The summed E-state index contributed by atoms with van der Waals surface area (Å²) in [6, 6.07) is -0.626. The first-order valence-corrected chi connectivity index (χ1v) is 36.1. The number of carbonyl (C=O) groups excluding carboxylic acids is 2. The molecule has 0 bridgehead atoms. The van der Waals surface area contributed by atoms with Gasteiger partial charge in [0.15, 0.2) is 0 Å². The van der Waals surface area contributed by atoms with E-state index in [-0.39, 0.29) is 18.5 Å². The zero-order chi connectivity index (χ0) is 57.1. The molecule has 0 aromatic carbocycles. The lowest BCUT2D eigenvalue weighted by Gasteiger charge is -2.20. The lowest BCUT2D eigenvalue weighted by molar-refractivity contribution is -0.143. The van der Waals surface area contributed by atoms with Crippen LogP contribution in [0.15, 0.2) is 24.3 Å². The smallest absolute Gasteiger partial charge is 0.305 e. The van der Waals surface area contributed by atoms with Crippen LogP contribution in [0.5, 0.6) is 0 Å². The van der Waals surface area contributed by atoms with Crippen molar-refractivity contribution in [2.24, 2.45) is 0 Å². The van der Waals surface area contributed by atoms with Crippen molar-refractivity contribution in [1.29, 1.82) is 0 Å². The molecule has 2 unspecified atom stereocenters. The summed E-state index contributed by atoms with van der Waals surface area (Å²) in [6.07, 6.45) is 86.9. The monoisotopic (exact) mass is 1110 g/mol. The van der Waals surface area contributed by atoms with Crippen LogP contribution in [0.4, 0.5) is 0 Å². The van der Waals surface area contributed by atoms with Gasteiger partial charge in [-0.3, -0.25) is 9.59 Å². The van der Waals surface area contributed by atoms with Crippen LogP contribution < -0.4 is 5.32 Å². The first-order chi connectivity index (χ1) is 39.0. The highest BCUT2D eigenvalue weighted by Gasteiger charge is 2.18. The quantitative estimate of drug-likeness (QED) is 0.0320. The largest absolute Gasteiger partial charge is 0.466 e. The minimum atomic E-state index is -0.843. The molecule has 6 nitrogen and oxygen atoms in total. The second-order valence-corrected chi connectivity index (χ2v) is 24.9. The van der Waals surface area contributed by atoms with Gasteiger partial charge in [-0.05, 0) is 57.8 Å². The summed E-state index contributed by atoms with van der Waals surface area (Å²) in [5.41, 5.74) is 0. The van der Waals surface area contributed by atoms with Crippen LogP contribution in [-0.2, 0) is 14.3 Å². The van der Waals surface area contributed by atoms with Gasteiger partial charge < -0.3 is 20.3 Å². The van der Waals surface area contributed by atoms with E-state index < -0.39 is 12.1 Å². The number of hydrogen-bond acceptors (Lipinski definition) is 5. The minimum absolute atomic E-state index is 0.0106. The number of amides is 1. The molecule has 0 saturated heterocycles. The number of unbranched alkanes of at least 4 members (excludes halogenated alkanes) is 55. The summed E-state index contributed by atoms with van der Waals surface area (Å²) in [7, 11) is 0. The van der Waals surface area contributed by atoms with Gasteiger partial charge in [-0.2, -0.15) is 0 Å². The second-order valence-electron chi connectivity index (χ2n) is 24.9. The molecule has 0 aromatic rings. The average Bonchev–Trinajstić information content (AvgIpc) is 3.45. The van der Waals surface area contributed by atoms with E-state index in [4.69, 9.17) is 4.74 Å². The van der Waals surface area contributed by atoms with E-state index in [0.717, 1.165) is 44.9 Å². The summed E-state index contributed by atoms with van der Waals surface area (Å²) >= 11 is 0. The van der Waals surface area contributed by atoms with Gasteiger partial charge in [0.1, 0.15) is 0 Å². The molecule has 0 heterocycles. The molecule has 0 aliphatic heterocycles. The SMILES string of the molecule is CCCCCCC/C=C\CCCCCCCC(=O)OCCCCCCCCCCCCCCCCCCCCCCCCCCCCCCC(=O)NC(CO)C(O)/C=C/CCCCCCCCCCCCCCCCCCCC. The first kappa shape index (κ1) is 77.3. The number of rotatable bonds is 68. The number of esters is 1. The Kier molecular flexibility index (Phi) is 67.4. The van der Waals surface area contributed by atoms with Gasteiger partial charge >= 0.3 is 5.97 Å². The second kappa shape index (κ2) is 68.8. The van der Waals surface area contributed by atoms with Crippen LogP contribution in [-0.4, -0.2) is 47.4 Å². The Labute approximate surface area is 494 Å². The lowest BCUT2D eigenvalue weighted by Crippen LogP contribution is -2.45. The van der Waals surface area contributed by atoms with Gasteiger partial charge in [-0.25, -0.2) is 0 Å². The Hall–Kier alpha value is -1.66. The number of aliphatic hydroxyl groups excluding tert-OH is 2. The fourth-order valence-corrected chi connectivity index (χ4v) is 11.5. The average molecular weight is 1110 g/mol. The maximum absolute atomic E-state index is 12.5.